The third-order valence-electron chi connectivity index (χ3n) is 2.18. The summed E-state index contributed by atoms with van der Waals surface area (Å²) in [7, 11) is 0. The van der Waals surface area contributed by atoms with Crippen molar-refractivity contribution in [3.8, 4) is 10.4 Å². The lowest BCUT2D eigenvalue weighted by Gasteiger charge is -2.03. The first-order valence-corrected chi connectivity index (χ1v) is 5.96. The van der Waals surface area contributed by atoms with Gasteiger partial charge in [0.1, 0.15) is 0 Å². The van der Waals surface area contributed by atoms with Crippen LogP contribution in [-0.4, -0.2) is 11.5 Å². The lowest BCUT2D eigenvalue weighted by atomic mass is 10.2. The van der Waals surface area contributed by atoms with Gasteiger partial charge < -0.3 is 5.32 Å². The zero-order valence-corrected chi connectivity index (χ0v) is 9.55. The lowest BCUT2D eigenvalue weighted by Crippen LogP contribution is -2.11. The molecule has 0 saturated carbocycles. The minimum Gasteiger partial charge on any atom is -0.313 e. The maximum atomic E-state index is 4.26. The number of nitrogens with zero attached hydrogens (tertiary/aromatic N) is 1. The Balaban J connectivity index is 2.19. The van der Waals surface area contributed by atoms with Crippen LogP contribution < -0.4 is 5.32 Å². The Morgan fingerprint density at radius 2 is 2.33 bits per heavy atom. The van der Waals surface area contributed by atoms with E-state index >= 15 is 0 Å². The van der Waals surface area contributed by atoms with Gasteiger partial charge in [0.05, 0.1) is 0 Å². The number of nitrogens with one attached hydrogen (secondary N) is 1. The van der Waals surface area contributed by atoms with E-state index in [0.717, 1.165) is 13.1 Å². The molecule has 78 valence electrons. The molecular weight excluding hydrogens is 204 g/mol. The molecule has 0 unspecified atom stereocenters. The zero-order valence-electron chi connectivity index (χ0n) is 8.73. The normalized spacial score (nSPS) is 10.5. The van der Waals surface area contributed by atoms with Crippen LogP contribution in [0.25, 0.3) is 10.4 Å². The number of aromatic nitrogens is 1. The highest BCUT2D eigenvalue weighted by Crippen LogP contribution is 2.24. The summed E-state index contributed by atoms with van der Waals surface area (Å²) < 4.78 is 0. The molecule has 0 aliphatic rings. The van der Waals surface area contributed by atoms with E-state index in [2.05, 4.69) is 40.8 Å². The molecule has 0 spiro atoms. The van der Waals surface area contributed by atoms with Gasteiger partial charge in [-0.05, 0) is 29.6 Å². The molecule has 0 atom stereocenters. The van der Waals surface area contributed by atoms with Gasteiger partial charge in [0.25, 0.3) is 0 Å². The lowest BCUT2D eigenvalue weighted by molar-refractivity contribution is 0.724. The summed E-state index contributed by atoms with van der Waals surface area (Å²) in [5, 5.41) is 5.39. The number of pyridine rings is 1. The van der Waals surface area contributed by atoms with Crippen molar-refractivity contribution < 1.29 is 0 Å². The second kappa shape index (κ2) is 5.05. The molecule has 2 nitrogen and oxygen atoms in total. The van der Waals surface area contributed by atoms with Crippen LogP contribution in [0, 0.1) is 0 Å². The zero-order chi connectivity index (χ0) is 10.5. The first-order valence-electron chi connectivity index (χ1n) is 5.08. The fraction of sp³-hybridized carbons (Fsp3) is 0.250. The summed E-state index contributed by atoms with van der Waals surface area (Å²) in [6, 6.07) is 6.39. The molecule has 1 N–H and O–H groups in total. The number of thiophene rings is 1. The Labute approximate surface area is 94.0 Å². The highest BCUT2D eigenvalue weighted by Gasteiger charge is 2.00. The SMILES string of the molecule is CCNCc1cncc(-c2cccs2)c1. The van der Waals surface area contributed by atoms with Crippen molar-refractivity contribution in [2.45, 2.75) is 13.5 Å². The van der Waals surface area contributed by atoms with Crippen LogP contribution in [0.2, 0.25) is 0 Å². The van der Waals surface area contributed by atoms with Crippen LogP contribution in [0.1, 0.15) is 12.5 Å². The molecule has 0 aliphatic heterocycles. The molecular formula is C12H14N2S. The standard InChI is InChI=1S/C12H14N2S/c1-2-13-7-10-6-11(9-14-8-10)12-4-3-5-15-12/h3-6,8-9,13H,2,7H2,1H3. The van der Waals surface area contributed by atoms with E-state index in [1.165, 1.54) is 16.0 Å². The van der Waals surface area contributed by atoms with Crippen LogP contribution in [0.4, 0.5) is 0 Å². The molecule has 0 fully saturated rings. The van der Waals surface area contributed by atoms with Gasteiger partial charge in [0, 0.05) is 29.4 Å². The molecule has 2 aromatic rings. The maximum Gasteiger partial charge on any atom is 0.0358 e. The molecule has 0 saturated heterocycles. The molecule has 0 amide bonds. The second-order valence-corrected chi connectivity index (χ2v) is 4.29. The fourth-order valence-electron chi connectivity index (χ4n) is 1.43. The average Bonchev–Trinajstić information content (AvgIpc) is 2.80. The Bertz CT molecular complexity index is 409. The van der Waals surface area contributed by atoms with E-state index < -0.39 is 0 Å². The third kappa shape index (κ3) is 2.64. The predicted molar refractivity (Wildman–Crippen MR) is 64.9 cm³/mol. The Morgan fingerprint density at radius 3 is 3.07 bits per heavy atom. The first kappa shape index (κ1) is 10.3. The molecule has 2 heterocycles. The van der Waals surface area contributed by atoms with Crippen LogP contribution in [0.15, 0.2) is 36.0 Å². The van der Waals surface area contributed by atoms with Gasteiger partial charge >= 0.3 is 0 Å². The summed E-state index contributed by atoms with van der Waals surface area (Å²) in [5.74, 6) is 0. The van der Waals surface area contributed by atoms with E-state index in [1.807, 2.05) is 12.4 Å². The summed E-state index contributed by atoms with van der Waals surface area (Å²) >= 11 is 1.75. The van der Waals surface area contributed by atoms with Gasteiger partial charge in [-0.2, -0.15) is 0 Å². The van der Waals surface area contributed by atoms with Crippen molar-refractivity contribution in [1.29, 1.82) is 0 Å². The minimum atomic E-state index is 0.892. The minimum absolute atomic E-state index is 0.892. The highest BCUT2D eigenvalue weighted by atomic mass is 32.1. The monoisotopic (exact) mass is 218 g/mol. The van der Waals surface area contributed by atoms with Crippen molar-refractivity contribution in [3.63, 3.8) is 0 Å². The Kier molecular flexibility index (Phi) is 3.48. The topological polar surface area (TPSA) is 24.9 Å². The molecule has 0 aromatic carbocycles. The maximum absolute atomic E-state index is 4.26. The number of hydrogen-bond acceptors (Lipinski definition) is 3. The Hall–Kier alpha value is -1.19. The largest absolute Gasteiger partial charge is 0.313 e. The van der Waals surface area contributed by atoms with E-state index in [0.29, 0.717) is 0 Å². The number of rotatable bonds is 4. The van der Waals surface area contributed by atoms with Gasteiger partial charge in [-0.1, -0.05) is 13.0 Å². The number of hydrogen-bond donors (Lipinski definition) is 1. The molecule has 0 aliphatic carbocycles. The van der Waals surface area contributed by atoms with Gasteiger partial charge in [-0.25, -0.2) is 0 Å². The molecule has 0 radical (unpaired) electrons. The third-order valence-corrected chi connectivity index (χ3v) is 3.10. The van der Waals surface area contributed by atoms with Crippen LogP contribution in [-0.2, 0) is 6.54 Å². The smallest absolute Gasteiger partial charge is 0.0358 e. The highest BCUT2D eigenvalue weighted by molar-refractivity contribution is 7.13. The summed E-state index contributed by atoms with van der Waals surface area (Å²) in [4.78, 5) is 5.54. The van der Waals surface area contributed by atoms with E-state index in [4.69, 9.17) is 0 Å². The summed E-state index contributed by atoms with van der Waals surface area (Å²) in [5.41, 5.74) is 2.45. The Morgan fingerprint density at radius 1 is 1.40 bits per heavy atom. The fourth-order valence-corrected chi connectivity index (χ4v) is 2.14. The molecule has 3 heteroatoms. The van der Waals surface area contributed by atoms with Gasteiger partial charge in [0.2, 0.25) is 0 Å². The molecule has 15 heavy (non-hydrogen) atoms. The van der Waals surface area contributed by atoms with E-state index in [-0.39, 0.29) is 0 Å². The van der Waals surface area contributed by atoms with Crippen molar-refractivity contribution in [2.75, 3.05) is 6.54 Å². The van der Waals surface area contributed by atoms with Crippen molar-refractivity contribution in [3.05, 3.63) is 41.5 Å². The van der Waals surface area contributed by atoms with Crippen molar-refractivity contribution in [2.24, 2.45) is 0 Å². The molecule has 2 aromatic heterocycles. The van der Waals surface area contributed by atoms with Crippen molar-refractivity contribution in [1.82, 2.24) is 10.3 Å². The summed E-state index contributed by atoms with van der Waals surface area (Å²) in [6.45, 7) is 3.99. The van der Waals surface area contributed by atoms with Crippen molar-refractivity contribution >= 4 is 11.3 Å². The first-order chi connectivity index (χ1) is 7.40. The quantitative estimate of drug-likeness (QED) is 0.853. The van der Waals surface area contributed by atoms with Crippen LogP contribution >= 0.6 is 11.3 Å². The molecule has 2 rings (SSSR count). The molecule has 0 bridgehead atoms. The van der Waals surface area contributed by atoms with Gasteiger partial charge in [-0.3, -0.25) is 4.98 Å². The second-order valence-electron chi connectivity index (χ2n) is 3.34. The van der Waals surface area contributed by atoms with Crippen LogP contribution in [0.5, 0.6) is 0 Å². The average molecular weight is 218 g/mol. The van der Waals surface area contributed by atoms with E-state index in [1.54, 1.807) is 11.3 Å². The van der Waals surface area contributed by atoms with E-state index in [9.17, 15) is 0 Å². The van der Waals surface area contributed by atoms with Crippen LogP contribution in [0.3, 0.4) is 0 Å². The predicted octanol–water partition coefficient (Wildman–Crippen LogP) is 2.92. The van der Waals surface area contributed by atoms with Gasteiger partial charge in [-0.15, -0.1) is 11.3 Å². The van der Waals surface area contributed by atoms with Gasteiger partial charge in [0.15, 0.2) is 0 Å². The summed E-state index contributed by atoms with van der Waals surface area (Å²) in [6.07, 6.45) is 3.83.